The van der Waals surface area contributed by atoms with E-state index in [0.717, 1.165) is 25.7 Å². The van der Waals surface area contributed by atoms with Gasteiger partial charge in [0.15, 0.2) is 6.61 Å². The summed E-state index contributed by atoms with van der Waals surface area (Å²) in [5.74, 6) is -1.42. The summed E-state index contributed by atoms with van der Waals surface area (Å²) >= 11 is 3.22. The standard InChI is InChI=1S/C15H18BrN3O4/c16-9-5-6-12(17)11(7-9)14(21)23-8-13(20)19-15(22)18-10-3-1-2-4-10/h5-7,10H,1-4,8,17H2,(H2,18,19,20,22). The minimum atomic E-state index is -0.727. The third-order valence-corrected chi connectivity index (χ3v) is 4.01. The van der Waals surface area contributed by atoms with Crippen molar-refractivity contribution in [2.75, 3.05) is 12.3 Å². The molecule has 0 bridgehead atoms. The molecule has 0 unspecified atom stereocenters. The number of rotatable bonds is 4. The molecule has 0 aliphatic heterocycles. The molecule has 0 spiro atoms. The Labute approximate surface area is 142 Å². The SMILES string of the molecule is Nc1ccc(Br)cc1C(=O)OCC(=O)NC(=O)NC1CCCC1. The summed E-state index contributed by atoms with van der Waals surface area (Å²) < 4.78 is 5.53. The van der Waals surface area contributed by atoms with E-state index in [1.54, 1.807) is 12.1 Å². The molecule has 1 aliphatic rings. The number of imide groups is 1. The molecule has 0 radical (unpaired) electrons. The van der Waals surface area contributed by atoms with Crippen LogP contribution < -0.4 is 16.4 Å². The van der Waals surface area contributed by atoms with E-state index < -0.39 is 24.5 Å². The Kier molecular flexibility index (Phi) is 5.97. The van der Waals surface area contributed by atoms with E-state index in [9.17, 15) is 14.4 Å². The number of carbonyl (C=O) groups excluding carboxylic acids is 3. The molecular formula is C15H18BrN3O4. The van der Waals surface area contributed by atoms with Crippen LogP contribution in [-0.2, 0) is 9.53 Å². The lowest BCUT2D eigenvalue weighted by Gasteiger charge is -2.12. The molecule has 23 heavy (non-hydrogen) atoms. The molecule has 124 valence electrons. The van der Waals surface area contributed by atoms with Crippen molar-refractivity contribution in [2.24, 2.45) is 0 Å². The van der Waals surface area contributed by atoms with E-state index in [1.165, 1.54) is 6.07 Å². The summed E-state index contributed by atoms with van der Waals surface area (Å²) in [4.78, 5) is 35.1. The zero-order chi connectivity index (χ0) is 16.8. The van der Waals surface area contributed by atoms with Crippen LogP contribution in [-0.4, -0.2) is 30.6 Å². The number of benzene rings is 1. The van der Waals surface area contributed by atoms with E-state index in [2.05, 4.69) is 26.6 Å². The van der Waals surface area contributed by atoms with E-state index >= 15 is 0 Å². The van der Waals surface area contributed by atoms with Gasteiger partial charge in [0.1, 0.15) is 0 Å². The van der Waals surface area contributed by atoms with Gasteiger partial charge in [0.25, 0.3) is 5.91 Å². The fourth-order valence-corrected chi connectivity index (χ4v) is 2.73. The monoisotopic (exact) mass is 383 g/mol. The number of hydrogen-bond donors (Lipinski definition) is 3. The Balaban J connectivity index is 1.78. The van der Waals surface area contributed by atoms with Crippen molar-refractivity contribution in [1.82, 2.24) is 10.6 Å². The maximum atomic E-state index is 11.9. The van der Waals surface area contributed by atoms with Crippen LogP contribution in [0.25, 0.3) is 0 Å². The molecule has 0 atom stereocenters. The summed E-state index contributed by atoms with van der Waals surface area (Å²) in [6, 6.07) is 4.27. The van der Waals surface area contributed by atoms with Crippen LogP contribution in [0.2, 0.25) is 0 Å². The van der Waals surface area contributed by atoms with Gasteiger partial charge in [-0.2, -0.15) is 0 Å². The molecule has 1 aliphatic carbocycles. The van der Waals surface area contributed by atoms with Gasteiger partial charge in [-0.1, -0.05) is 28.8 Å². The summed E-state index contributed by atoms with van der Waals surface area (Å²) in [6.45, 7) is -0.553. The number of esters is 1. The smallest absolute Gasteiger partial charge is 0.340 e. The van der Waals surface area contributed by atoms with Crippen molar-refractivity contribution < 1.29 is 19.1 Å². The first-order chi connectivity index (χ1) is 11.0. The summed E-state index contributed by atoms with van der Waals surface area (Å²) in [5.41, 5.74) is 6.09. The number of amides is 3. The van der Waals surface area contributed by atoms with Gasteiger partial charge in [-0.15, -0.1) is 0 Å². The molecule has 1 saturated carbocycles. The normalized spacial score (nSPS) is 14.3. The van der Waals surface area contributed by atoms with Gasteiger partial charge in [-0.25, -0.2) is 9.59 Å². The van der Waals surface area contributed by atoms with Crippen molar-refractivity contribution in [3.63, 3.8) is 0 Å². The van der Waals surface area contributed by atoms with Gasteiger partial charge in [0, 0.05) is 16.2 Å². The van der Waals surface area contributed by atoms with E-state index in [1.807, 2.05) is 0 Å². The molecule has 1 aromatic carbocycles. The first kappa shape index (κ1) is 17.3. The topological polar surface area (TPSA) is 111 Å². The fourth-order valence-electron chi connectivity index (χ4n) is 2.37. The number of ether oxygens (including phenoxy) is 1. The van der Waals surface area contributed by atoms with Crippen molar-refractivity contribution in [1.29, 1.82) is 0 Å². The predicted octanol–water partition coefficient (Wildman–Crippen LogP) is 1.96. The van der Waals surface area contributed by atoms with Gasteiger partial charge < -0.3 is 15.8 Å². The molecule has 8 heteroatoms. The molecule has 1 aromatic rings. The Bertz CT molecular complexity index is 615. The second kappa shape index (κ2) is 7.96. The van der Waals surface area contributed by atoms with E-state index in [4.69, 9.17) is 10.5 Å². The molecule has 0 saturated heterocycles. The van der Waals surface area contributed by atoms with Gasteiger partial charge in [0.2, 0.25) is 0 Å². The van der Waals surface area contributed by atoms with Gasteiger partial charge in [-0.3, -0.25) is 10.1 Å². The number of nitrogen functional groups attached to an aromatic ring is 1. The minimum absolute atomic E-state index is 0.104. The molecule has 1 fully saturated rings. The van der Waals surface area contributed by atoms with E-state index in [0.29, 0.717) is 4.47 Å². The molecule has 3 amide bonds. The molecule has 0 heterocycles. The average molecular weight is 384 g/mol. The van der Waals surface area contributed by atoms with Gasteiger partial charge >= 0.3 is 12.0 Å². The van der Waals surface area contributed by atoms with Crippen LogP contribution in [0.3, 0.4) is 0 Å². The number of hydrogen-bond acceptors (Lipinski definition) is 5. The number of nitrogens with one attached hydrogen (secondary N) is 2. The second-order valence-corrected chi connectivity index (χ2v) is 6.23. The van der Waals surface area contributed by atoms with E-state index in [-0.39, 0.29) is 17.3 Å². The average Bonchev–Trinajstić information content (AvgIpc) is 3.00. The Hall–Kier alpha value is -2.09. The fraction of sp³-hybridized carbons (Fsp3) is 0.400. The lowest BCUT2D eigenvalue weighted by atomic mass is 10.2. The molecular weight excluding hydrogens is 366 g/mol. The molecule has 2 rings (SSSR count). The maximum Gasteiger partial charge on any atom is 0.340 e. The number of urea groups is 1. The van der Waals surface area contributed by atoms with Gasteiger partial charge in [0.05, 0.1) is 5.56 Å². The predicted molar refractivity (Wildman–Crippen MR) is 87.8 cm³/mol. The highest BCUT2D eigenvalue weighted by molar-refractivity contribution is 9.10. The third kappa shape index (κ3) is 5.24. The second-order valence-electron chi connectivity index (χ2n) is 5.31. The number of carbonyl (C=O) groups is 3. The van der Waals surface area contributed by atoms with Crippen LogP contribution in [0.4, 0.5) is 10.5 Å². The Morgan fingerprint density at radius 1 is 1.26 bits per heavy atom. The third-order valence-electron chi connectivity index (χ3n) is 3.51. The lowest BCUT2D eigenvalue weighted by Crippen LogP contribution is -2.45. The summed E-state index contributed by atoms with van der Waals surface area (Å²) in [7, 11) is 0. The quantitative estimate of drug-likeness (QED) is 0.543. The highest BCUT2D eigenvalue weighted by Crippen LogP contribution is 2.19. The van der Waals surface area contributed by atoms with Crippen LogP contribution in [0.1, 0.15) is 36.0 Å². The number of nitrogens with two attached hydrogens (primary N) is 1. The summed E-state index contributed by atoms with van der Waals surface area (Å²) in [5, 5.41) is 4.84. The van der Waals surface area contributed by atoms with Crippen molar-refractivity contribution in [2.45, 2.75) is 31.7 Å². The van der Waals surface area contributed by atoms with Gasteiger partial charge in [-0.05, 0) is 31.0 Å². The number of anilines is 1. The zero-order valence-electron chi connectivity index (χ0n) is 12.4. The zero-order valence-corrected chi connectivity index (χ0v) is 14.0. The summed E-state index contributed by atoms with van der Waals surface area (Å²) in [6.07, 6.45) is 3.98. The highest BCUT2D eigenvalue weighted by atomic mass is 79.9. The highest BCUT2D eigenvalue weighted by Gasteiger charge is 2.19. The lowest BCUT2D eigenvalue weighted by molar-refractivity contribution is -0.123. The first-order valence-corrected chi connectivity index (χ1v) is 8.07. The maximum absolute atomic E-state index is 11.9. The van der Waals surface area contributed by atoms with Crippen LogP contribution in [0.5, 0.6) is 0 Å². The van der Waals surface area contributed by atoms with Crippen LogP contribution in [0, 0.1) is 0 Å². The van der Waals surface area contributed by atoms with Crippen LogP contribution in [0.15, 0.2) is 22.7 Å². The Morgan fingerprint density at radius 3 is 2.65 bits per heavy atom. The largest absolute Gasteiger partial charge is 0.452 e. The van der Waals surface area contributed by atoms with Crippen LogP contribution >= 0.6 is 15.9 Å². The Morgan fingerprint density at radius 2 is 1.96 bits per heavy atom. The van der Waals surface area contributed by atoms with Crippen molar-refractivity contribution in [3.8, 4) is 0 Å². The van der Waals surface area contributed by atoms with Crippen molar-refractivity contribution in [3.05, 3.63) is 28.2 Å². The molecule has 0 aromatic heterocycles. The number of halogens is 1. The molecule has 4 N–H and O–H groups in total. The van der Waals surface area contributed by atoms with Crippen molar-refractivity contribution >= 4 is 39.5 Å². The first-order valence-electron chi connectivity index (χ1n) is 7.28. The minimum Gasteiger partial charge on any atom is -0.452 e. The molecule has 7 nitrogen and oxygen atoms in total.